The predicted molar refractivity (Wildman–Crippen MR) is 144 cm³/mol. The summed E-state index contributed by atoms with van der Waals surface area (Å²) in [5.41, 5.74) is -1.27. The first-order valence-corrected chi connectivity index (χ1v) is 13.3. The van der Waals surface area contributed by atoms with Gasteiger partial charge in [-0.3, -0.25) is 9.78 Å². The molecule has 0 bridgehead atoms. The molecule has 9 nitrogen and oxygen atoms in total. The second-order valence-corrected chi connectivity index (χ2v) is 11.0. The van der Waals surface area contributed by atoms with E-state index in [0.717, 1.165) is 25.6 Å². The lowest BCUT2D eigenvalue weighted by molar-refractivity contribution is -0.170. The number of pyridine rings is 1. The number of hydrogen-bond acceptors (Lipinski definition) is 8. The number of hydrogen-bond donors (Lipinski definition) is 2. The third-order valence-electron chi connectivity index (χ3n) is 7.67. The first kappa shape index (κ1) is 28.0. The third-order valence-corrected chi connectivity index (χ3v) is 7.67. The molecule has 4 heterocycles. The first-order chi connectivity index (χ1) is 18.9. The van der Waals surface area contributed by atoms with Gasteiger partial charge in [0.1, 0.15) is 11.4 Å². The Bertz CT molecular complexity index is 1420. The minimum Gasteiger partial charge on any atom is -0.384 e. The normalized spacial score (nSPS) is 17.6. The molecule has 0 unspecified atom stereocenters. The van der Waals surface area contributed by atoms with Gasteiger partial charge in [-0.05, 0) is 39.8 Å². The summed E-state index contributed by atoms with van der Waals surface area (Å²) in [6, 6.07) is 4.90. The fraction of sp³-hybridized carbons (Fsp3) is 0.500. The van der Waals surface area contributed by atoms with E-state index in [0.29, 0.717) is 61.8 Å². The molecule has 2 aliphatic heterocycles. The summed E-state index contributed by atoms with van der Waals surface area (Å²) in [7, 11) is 0. The Hall–Kier alpha value is -3.51. The fourth-order valence-electron chi connectivity index (χ4n) is 4.99. The number of carbonyl (C=O) groups is 1. The van der Waals surface area contributed by atoms with Crippen LogP contribution in [0.4, 0.5) is 24.7 Å². The van der Waals surface area contributed by atoms with Crippen LogP contribution < -0.4 is 10.2 Å². The Labute approximate surface area is 230 Å². The van der Waals surface area contributed by atoms with E-state index in [1.165, 1.54) is 12.1 Å². The number of nitrogens with one attached hydrogen (secondary N) is 1. The number of anilines is 2. The molecule has 12 heteroatoms. The number of piperazine rings is 1. The maximum Gasteiger partial charge on any atom is 0.303 e. The van der Waals surface area contributed by atoms with E-state index in [2.05, 4.69) is 25.4 Å². The molecule has 0 radical (unpaired) electrons. The molecule has 0 saturated carbocycles. The monoisotopic (exact) mass is 558 g/mol. The third kappa shape index (κ3) is 5.05. The maximum absolute atomic E-state index is 15.4. The van der Waals surface area contributed by atoms with Crippen LogP contribution in [0, 0.1) is 18.7 Å². The second-order valence-electron chi connectivity index (χ2n) is 11.0. The highest BCUT2D eigenvalue weighted by molar-refractivity contribution is 5.92. The van der Waals surface area contributed by atoms with Gasteiger partial charge in [0, 0.05) is 37.1 Å². The molecule has 1 aromatic carbocycles. The van der Waals surface area contributed by atoms with Crippen molar-refractivity contribution in [3.8, 4) is 0 Å². The zero-order valence-corrected chi connectivity index (χ0v) is 22.9. The van der Waals surface area contributed by atoms with E-state index in [1.807, 2.05) is 11.0 Å². The molecule has 214 valence electrons. The Morgan fingerprint density at radius 2 is 1.88 bits per heavy atom. The molecule has 1 atom stereocenters. The average Bonchev–Trinajstić information content (AvgIpc) is 2.88. The Balaban J connectivity index is 1.39. The molecule has 2 N–H and O–H groups in total. The molecular weight excluding hydrogens is 525 g/mol. The number of fused-ring (bicyclic) bond motifs is 1. The van der Waals surface area contributed by atoms with Crippen molar-refractivity contribution in [1.29, 1.82) is 0 Å². The topological polar surface area (TPSA) is 104 Å². The number of alkyl halides is 2. The number of carbonyl (C=O) groups excluding carboxylic acids is 1. The van der Waals surface area contributed by atoms with Crippen molar-refractivity contribution < 1.29 is 27.8 Å². The van der Waals surface area contributed by atoms with Crippen molar-refractivity contribution in [1.82, 2.24) is 20.1 Å². The fourth-order valence-corrected chi connectivity index (χ4v) is 4.99. The zero-order valence-electron chi connectivity index (χ0n) is 22.9. The van der Waals surface area contributed by atoms with Crippen LogP contribution in [-0.4, -0.2) is 76.1 Å². The van der Waals surface area contributed by atoms with Crippen LogP contribution in [-0.2, 0) is 15.5 Å². The summed E-state index contributed by atoms with van der Waals surface area (Å²) in [5, 5.41) is 22.2. The summed E-state index contributed by atoms with van der Waals surface area (Å²) in [6.07, 6.45) is 1.75. The molecule has 3 aromatic rings. The van der Waals surface area contributed by atoms with Gasteiger partial charge in [-0.2, -0.15) is 13.9 Å². The summed E-state index contributed by atoms with van der Waals surface area (Å²) in [5.74, 6) is -4.48. The van der Waals surface area contributed by atoms with Gasteiger partial charge < -0.3 is 25.0 Å². The lowest BCUT2D eigenvalue weighted by Gasteiger charge is -2.39. The smallest absolute Gasteiger partial charge is 0.303 e. The molecule has 0 aliphatic carbocycles. The number of amides is 1. The number of aliphatic hydroxyl groups is 1. The number of rotatable bonds is 7. The Morgan fingerprint density at radius 1 is 1.18 bits per heavy atom. The van der Waals surface area contributed by atoms with Gasteiger partial charge in [0.05, 0.1) is 53.8 Å². The van der Waals surface area contributed by atoms with Crippen LogP contribution >= 0.6 is 0 Å². The predicted octanol–water partition coefficient (Wildman–Crippen LogP) is 3.80. The molecule has 40 heavy (non-hydrogen) atoms. The number of halogens is 3. The van der Waals surface area contributed by atoms with Gasteiger partial charge in [-0.1, -0.05) is 12.1 Å². The number of nitrogens with zero attached hydrogens (tertiary/aromatic N) is 5. The van der Waals surface area contributed by atoms with E-state index in [4.69, 9.17) is 4.74 Å². The van der Waals surface area contributed by atoms with Crippen molar-refractivity contribution >= 4 is 28.3 Å². The molecule has 2 fully saturated rings. The molecule has 1 amide bonds. The zero-order chi connectivity index (χ0) is 28.8. The summed E-state index contributed by atoms with van der Waals surface area (Å²) >= 11 is 0. The van der Waals surface area contributed by atoms with E-state index in [9.17, 15) is 18.7 Å². The van der Waals surface area contributed by atoms with Crippen LogP contribution in [0.15, 0.2) is 30.5 Å². The van der Waals surface area contributed by atoms with Crippen LogP contribution in [0.2, 0.25) is 0 Å². The van der Waals surface area contributed by atoms with Crippen molar-refractivity contribution in [3.05, 3.63) is 53.1 Å². The van der Waals surface area contributed by atoms with E-state index in [1.54, 1.807) is 20.0 Å². The van der Waals surface area contributed by atoms with Crippen molar-refractivity contribution in [2.75, 3.05) is 49.6 Å². The highest BCUT2D eigenvalue weighted by Gasteiger charge is 2.49. The lowest BCUT2D eigenvalue weighted by Crippen LogP contribution is -2.53. The second kappa shape index (κ2) is 10.5. The molecule has 2 aliphatic rings. The van der Waals surface area contributed by atoms with E-state index < -0.39 is 28.9 Å². The Morgan fingerprint density at radius 3 is 2.50 bits per heavy atom. The van der Waals surface area contributed by atoms with Crippen molar-refractivity contribution in [2.24, 2.45) is 5.92 Å². The highest BCUT2D eigenvalue weighted by atomic mass is 19.3. The number of aromatic nitrogens is 3. The number of benzene rings is 1. The van der Waals surface area contributed by atoms with Crippen LogP contribution in [0.1, 0.15) is 43.6 Å². The maximum atomic E-state index is 15.4. The lowest BCUT2D eigenvalue weighted by atomic mass is 9.91. The van der Waals surface area contributed by atoms with Crippen molar-refractivity contribution in [3.63, 3.8) is 0 Å². The van der Waals surface area contributed by atoms with Crippen LogP contribution in [0.3, 0.4) is 0 Å². The van der Waals surface area contributed by atoms with Gasteiger partial charge >= 0.3 is 5.92 Å². The molecule has 5 rings (SSSR count). The summed E-state index contributed by atoms with van der Waals surface area (Å²) < 4.78 is 50.2. The molecule has 2 aromatic heterocycles. The molecular formula is C28H33F3N6O3. The van der Waals surface area contributed by atoms with E-state index in [-0.39, 0.29) is 17.4 Å². The minimum atomic E-state index is -3.80. The van der Waals surface area contributed by atoms with Gasteiger partial charge in [0.15, 0.2) is 5.82 Å². The summed E-state index contributed by atoms with van der Waals surface area (Å²) in [6.45, 7) is 8.73. The Kier molecular flexibility index (Phi) is 7.34. The average molecular weight is 559 g/mol. The van der Waals surface area contributed by atoms with Gasteiger partial charge in [0.25, 0.3) is 0 Å². The van der Waals surface area contributed by atoms with Gasteiger partial charge in [-0.15, -0.1) is 5.10 Å². The van der Waals surface area contributed by atoms with Gasteiger partial charge in [0.2, 0.25) is 5.91 Å². The largest absolute Gasteiger partial charge is 0.384 e. The van der Waals surface area contributed by atoms with Crippen molar-refractivity contribution in [2.45, 2.75) is 45.3 Å². The standard InChI is InChI=1S/C28H33F3N6O3/c1-16(20-6-5-7-22(23(20)29)28(30,31)27(3,4)39)33-25-21-12-19(13-32-24(21)17(2)34-35-25)36-8-10-37(11-9-36)26(38)18-14-40-15-18/h5-7,12-13,16,18,39H,8-11,14-15H2,1-4H3,(H,33,35)/t16-/m1/s1. The quantitative estimate of drug-likeness (QED) is 0.452. The first-order valence-electron chi connectivity index (χ1n) is 13.3. The molecule has 0 spiro atoms. The van der Waals surface area contributed by atoms with Gasteiger partial charge in [-0.25, -0.2) is 4.39 Å². The SMILES string of the molecule is Cc1nnc(N[C@H](C)c2cccc(C(F)(F)C(C)(C)O)c2F)c2cc(N3CCN(C(=O)C4COC4)CC3)cnc12. The highest BCUT2D eigenvalue weighted by Crippen LogP contribution is 2.41. The minimum absolute atomic E-state index is 0.00119. The van der Waals surface area contributed by atoms with E-state index >= 15 is 4.39 Å². The van der Waals surface area contributed by atoms with Crippen LogP contribution in [0.25, 0.3) is 10.9 Å². The van der Waals surface area contributed by atoms with Crippen LogP contribution in [0.5, 0.6) is 0 Å². The molecule has 2 saturated heterocycles. The summed E-state index contributed by atoms with van der Waals surface area (Å²) in [4.78, 5) is 21.2. The number of aryl methyl sites for hydroxylation is 1. The number of ether oxygens (including phenoxy) is 1.